The van der Waals surface area contributed by atoms with Crippen molar-refractivity contribution in [2.24, 2.45) is 0 Å². The van der Waals surface area contributed by atoms with Gasteiger partial charge in [-0.25, -0.2) is 0 Å². The maximum Gasteiger partial charge on any atom is 0.141 e. The van der Waals surface area contributed by atoms with Crippen LogP contribution in [0.3, 0.4) is 0 Å². The third kappa shape index (κ3) is 4.32. The predicted molar refractivity (Wildman–Crippen MR) is 68.3 cm³/mol. The Balaban J connectivity index is 2.59. The zero-order valence-electron chi connectivity index (χ0n) is 10.9. The van der Waals surface area contributed by atoms with Crippen LogP contribution in [0.2, 0.25) is 0 Å². The summed E-state index contributed by atoms with van der Waals surface area (Å²) in [5, 5.41) is 3.25. The summed E-state index contributed by atoms with van der Waals surface area (Å²) in [6, 6.07) is 3.98. The van der Waals surface area contributed by atoms with Gasteiger partial charge in [0.1, 0.15) is 5.75 Å². The van der Waals surface area contributed by atoms with Crippen LogP contribution in [0, 0.1) is 0 Å². The third-order valence-electron chi connectivity index (χ3n) is 2.60. The van der Waals surface area contributed by atoms with Gasteiger partial charge in [0.05, 0.1) is 18.8 Å². The zero-order chi connectivity index (χ0) is 12.5. The molecule has 1 aromatic rings. The molecule has 1 unspecified atom stereocenters. The predicted octanol–water partition coefficient (Wildman–Crippen LogP) is 2.17. The first-order valence-corrected chi connectivity index (χ1v) is 6.07. The first kappa shape index (κ1) is 13.9. The van der Waals surface area contributed by atoms with Gasteiger partial charge in [0, 0.05) is 19.4 Å². The van der Waals surface area contributed by atoms with Gasteiger partial charge in [-0.2, -0.15) is 0 Å². The van der Waals surface area contributed by atoms with E-state index in [2.05, 4.69) is 17.2 Å². The topological polar surface area (TPSA) is 43.4 Å². The van der Waals surface area contributed by atoms with E-state index in [4.69, 9.17) is 9.47 Å². The lowest BCUT2D eigenvalue weighted by Gasteiger charge is -2.17. The number of ether oxygens (including phenoxy) is 2. The maximum absolute atomic E-state index is 5.50. The number of hydrogen-bond acceptors (Lipinski definition) is 4. The number of hydrogen-bond donors (Lipinski definition) is 1. The minimum atomic E-state index is 0.169. The summed E-state index contributed by atoms with van der Waals surface area (Å²) >= 11 is 0. The van der Waals surface area contributed by atoms with Crippen LogP contribution in [0.4, 0.5) is 0 Å². The van der Waals surface area contributed by atoms with Crippen LogP contribution in [-0.4, -0.2) is 32.4 Å². The molecule has 0 saturated carbocycles. The number of pyridine rings is 1. The van der Waals surface area contributed by atoms with Crippen LogP contribution in [0.25, 0.3) is 0 Å². The molecule has 1 rings (SSSR count). The van der Waals surface area contributed by atoms with E-state index in [1.54, 1.807) is 13.3 Å². The quantitative estimate of drug-likeness (QED) is 0.705. The van der Waals surface area contributed by atoms with E-state index in [-0.39, 0.29) is 6.04 Å². The fourth-order valence-electron chi connectivity index (χ4n) is 1.70. The van der Waals surface area contributed by atoms with E-state index in [9.17, 15) is 0 Å². The summed E-state index contributed by atoms with van der Waals surface area (Å²) in [5.74, 6) is 0.822. The van der Waals surface area contributed by atoms with Crippen molar-refractivity contribution in [3.05, 3.63) is 24.0 Å². The van der Waals surface area contributed by atoms with Gasteiger partial charge in [-0.05, 0) is 32.0 Å². The molecule has 0 radical (unpaired) electrons. The molecule has 1 aromatic heterocycles. The second-order valence-corrected chi connectivity index (χ2v) is 3.83. The van der Waals surface area contributed by atoms with Crippen LogP contribution in [-0.2, 0) is 4.74 Å². The van der Waals surface area contributed by atoms with E-state index in [0.717, 1.165) is 37.5 Å². The SMILES string of the molecule is CCCOCCC(NC)c1ncccc1OC. The highest BCUT2D eigenvalue weighted by Crippen LogP contribution is 2.24. The highest BCUT2D eigenvalue weighted by atomic mass is 16.5. The third-order valence-corrected chi connectivity index (χ3v) is 2.60. The van der Waals surface area contributed by atoms with E-state index in [1.165, 1.54) is 0 Å². The zero-order valence-corrected chi connectivity index (χ0v) is 10.9. The van der Waals surface area contributed by atoms with Crippen LogP contribution in [0.5, 0.6) is 5.75 Å². The monoisotopic (exact) mass is 238 g/mol. The Bertz CT molecular complexity index is 318. The van der Waals surface area contributed by atoms with Gasteiger partial charge in [0.25, 0.3) is 0 Å². The van der Waals surface area contributed by atoms with Crippen LogP contribution in [0.15, 0.2) is 18.3 Å². The second-order valence-electron chi connectivity index (χ2n) is 3.83. The summed E-state index contributed by atoms with van der Waals surface area (Å²) in [7, 11) is 3.60. The molecule has 4 nitrogen and oxygen atoms in total. The fourth-order valence-corrected chi connectivity index (χ4v) is 1.70. The van der Waals surface area contributed by atoms with Gasteiger partial charge in [-0.15, -0.1) is 0 Å². The van der Waals surface area contributed by atoms with Gasteiger partial charge >= 0.3 is 0 Å². The molecule has 0 aromatic carbocycles. The van der Waals surface area contributed by atoms with Crippen molar-refractivity contribution in [1.29, 1.82) is 0 Å². The highest BCUT2D eigenvalue weighted by Gasteiger charge is 2.15. The van der Waals surface area contributed by atoms with Gasteiger partial charge in [0.15, 0.2) is 0 Å². The molecule has 17 heavy (non-hydrogen) atoms. The van der Waals surface area contributed by atoms with Crippen LogP contribution >= 0.6 is 0 Å². The van der Waals surface area contributed by atoms with Crippen molar-refractivity contribution in [2.45, 2.75) is 25.8 Å². The van der Waals surface area contributed by atoms with Crippen molar-refractivity contribution in [3.8, 4) is 5.75 Å². The number of rotatable bonds is 8. The van der Waals surface area contributed by atoms with Gasteiger partial charge in [-0.1, -0.05) is 6.92 Å². The largest absolute Gasteiger partial charge is 0.495 e. The standard InChI is InChI=1S/C13H22N2O2/c1-4-9-17-10-7-11(14-2)13-12(16-3)6-5-8-15-13/h5-6,8,11,14H,4,7,9-10H2,1-3H3. The van der Waals surface area contributed by atoms with Crippen LogP contribution < -0.4 is 10.1 Å². The average Bonchev–Trinajstić information content (AvgIpc) is 2.39. The van der Waals surface area contributed by atoms with Crippen molar-refractivity contribution < 1.29 is 9.47 Å². The molecule has 0 aliphatic carbocycles. The minimum absolute atomic E-state index is 0.169. The summed E-state index contributed by atoms with van der Waals surface area (Å²) < 4.78 is 10.8. The molecule has 1 heterocycles. The lowest BCUT2D eigenvalue weighted by molar-refractivity contribution is 0.124. The Kier molecular flexibility index (Phi) is 6.58. The molecule has 1 N–H and O–H groups in total. The molecule has 0 amide bonds. The molecule has 4 heteroatoms. The average molecular weight is 238 g/mol. The van der Waals surface area contributed by atoms with E-state index in [1.807, 2.05) is 19.2 Å². The highest BCUT2D eigenvalue weighted by molar-refractivity contribution is 5.29. The number of methoxy groups -OCH3 is 1. The first-order chi connectivity index (χ1) is 8.33. The van der Waals surface area contributed by atoms with Gasteiger partial charge in [-0.3, -0.25) is 4.98 Å². The number of aromatic nitrogens is 1. The van der Waals surface area contributed by atoms with E-state index < -0.39 is 0 Å². The molecule has 0 spiro atoms. The molecule has 96 valence electrons. The Morgan fingerprint density at radius 2 is 2.24 bits per heavy atom. The van der Waals surface area contributed by atoms with E-state index in [0.29, 0.717) is 0 Å². The van der Waals surface area contributed by atoms with Gasteiger partial charge in [0.2, 0.25) is 0 Å². The maximum atomic E-state index is 5.50. The molecule has 1 atom stereocenters. The Labute approximate surface area is 103 Å². The lowest BCUT2D eigenvalue weighted by Crippen LogP contribution is -2.20. The molecular weight excluding hydrogens is 216 g/mol. The fraction of sp³-hybridized carbons (Fsp3) is 0.615. The van der Waals surface area contributed by atoms with E-state index >= 15 is 0 Å². The summed E-state index contributed by atoms with van der Waals surface area (Å²) in [4.78, 5) is 4.38. The lowest BCUT2D eigenvalue weighted by atomic mass is 10.1. The number of nitrogens with zero attached hydrogens (tertiary/aromatic N) is 1. The number of nitrogens with one attached hydrogen (secondary N) is 1. The van der Waals surface area contributed by atoms with Crippen molar-refractivity contribution in [2.75, 3.05) is 27.4 Å². The Morgan fingerprint density at radius 3 is 2.88 bits per heavy atom. The molecule has 0 aliphatic rings. The Morgan fingerprint density at radius 1 is 1.41 bits per heavy atom. The van der Waals surface area contributed by atoms with Crippen LogP contribution in [0.1, 0.15) is 31.5 Å². The summed E-state index contributed by atoms with van der Waals surface area (Å²) in [5.41, 5.74) is 0.942. The molecule has 0 bridgehead atoms. The summed E-state index contributed by atoms with van der Waals surface area (Å²) in [6.45, 7) is 3.66. The van der Waals surface area contributed by atoms with Crippen molar-refractivity contribution >= 4 is 0 Å². The van der Waals surface area contributed by atoms with Crippen molar-refractivity contribution in [1.82, 2.24) is 10.3 Å². The smallest absolute Gasteiger partial charge is 0.141 e. The molecule has 0 aliphatic heterocycles. The molecular formula is C13H22N2O2. The normalized spacial score (nSPS) is 12.4. The van der Waals surface area contributed by atoms with Crippen molar-refractivity contribution in [3.63, 3.8) is 0 Å². The first-order valence-electron chi connectivity index (χ1n) is 6.07. The Hall–Kier alpha value is -1.13. The molecule has 0 fully saturated rings. The minimum Gasteiger partial charge on any atom is -0.495 e. The second kappa shape index (κ2) is 8.03. The molecule has 0 saturated heterocycles. The van der Waals surface area contributed by atoms with Gasteiger partial charge < -0.3 is 14.8 Å². The summed E-state index contributed by atoms with van der Waals surface area (Å²) in [6.07, 6.45) is 3.73.